The van der Waals surface area contributed by atoms with E-state index in [0.29, 0.717) is 0 Å². The second-order valence-electron chi connectivity index (χ2n) is 13.3. The minimum Gasteiger partial charge on any atom is -0.310 e. The van der Waals surface area contributed by atoms with Crippen LogP contribution in [0.2, 0.25) is 0 Å². The van der Waals surface area contributed by atoms with Crippen LogP contribution >= 0.6 is 11.3 Å². The molecule has 1 nitrogen and oxygen atoms in total. The van der Waals surface area contributed by atoms with Crippen LogP contribution in [0.4, 0.5) is 17.1 Å². The maximum atomic E-state index is 2.46. The molecule has 0 amide bonds. The molecule has 1 heterocycles. The Morgan fingerprint density at radius 3 is 1.81 bits per heavy atom. The first-order chi connectivity index (χ1) is 25.8. The second kappa shape index (κ2) is 12.7. The zero-order chi connectivity index (χ0) is 34.4. The SMILES string of the molecule is c1ccc(-c2ccc(N(c3ccc4sc5ccccc5c4c3)c3cccc(-c4ccc5ccccc5c4)c3-c3cccc4ccccc34)cc2)cc1. The summed E-state index contributed by atoms with van der Waals surface area (Å²) in [5.41, 5.74) is 10.6. The van der Waals surface area contributed by atoms with E-state index in [9.17, 15) is 0 Å². The van der Waals surface area contributed by atoms with Gasteiger partial charge in [-0.05, 0) is 97.9 Å². The predicted octanol–water partition coefficient (Wildman–Crippen LogP) is 14.8. The molecule has 0 aliphatic rings. The van der Waals surface area contributed by atoms with Crippen LogP contribution in [0.3, 0.4) is 0 Å². The van der Waals surface area contributed by atoms with E-state index in [4.69, 9.17) is 0 Å². The van der Waals surface area contributed by atoms with E-state index in [2.05, 4.69) is 205 Å². The largest absolute Gasteiger partial charge is 0.310 e. The van der Waals surface area contributed by atoms with Crippen molar-refractivity contribution in [1.82, 2.24) is 0 Å². The molecule has 1 aromatic heterocycles. The average molecular weight is 680 g/mol. The van der Waals surface area contributed by atoms with Gasteiger partial charge < -0.3 is 4.90 Å². The fraction of sp³-hybridized carbons (Fsp3) is 0. The van der Waals surface area contributed by atoms with Gasteiger partial charge in [0.25, 0.3) is 0 Å². The summed E-state index contributed by atoms with van der Waals surface area (Å²) in [5, 5.41) is 7.51. The Balaban J connectivity index is 1.27. The van der Waals surface area contributed by atoms with E-state index in [0.717, 1.165) is 17.1 Å². The van der Waals surface area contributed by atoms with E-state index in [1.807, 2.05) is 11.3 Å². The summed E-state index contributed by atoms with van der Waals surface area (Å²) < 4.78 is 2.60. The zero-order valence-corrected chi connectivity index (χ0v) is 29.2. The van der Waals surface area contributed by atoms with Gasteiger partial charge in [-0.25, -0.2) is 0 Å². The first kappa shape index (κ1) is 30.4. The highest BCUT2D eigenvalue weighted by atomic mass is 32.1. The van der Waals surface area contributed by atoms with Crippen molar-refractivity contribution in [2.75, 3.05) is 4.90 Å². The van der Waals surface area contributed by atoms with Gasteiger partial charge >= 0.3 is 0 Å². The molecule has 10 rings (SSSR count). The van der Waals surface area contributed by atoms with Crippen molar-refractivity contribution in [2.45, 2.75) is 0 Å². The minimum atomic E-state index is 1.11. The maximum absolute atomic E-state index is 2.46. The molecule has 0 aliphatic carbocycles. The van der Waals surface area contributed by atoms with Gasteiger partial charge in [-0.2, -0.15) is 0 Å². The Kier molecular flexibility index (Phi) is 7.41. The first-order valence-corrected chi connectivity index (χ1v) is 18.6. The summed E-state index contributed by atoms with van der Waals surface area (Å²) in [7, 11) is 0. The molecule has 0 unspecified atom stereocenters. The quantitative estimate of drug-likeness (QED) is 0.169. The Bertz CT molecular complexity index is 2900. The smallest absolute Gasteiger partial charge is 0.0546 e. The van der Waals surface area contributed by atoms with Gasteiger partial charge in [0.05, 0.1) is 5.69 Å². The standard InChI is InChI=1S/C50H33NS/c1-2-12-34(13-3-1)36-26-28-40(29-27-36)51(41-30-31-49-46(33-41)44-19-8-9-23-48(44)52-49)47-22-11-20-43(39-25-24-35-14-4-5-16-38(35)32-39)50(47)45-21-10-17-37-15-6-7-18-42(37)45/h1-33H. The molecule has 52 heavy (non-hydrogen) atoms. The predicted molar refractivity (Wildman–Crippen MR) is 225 cm³/mol. The molecule has 0 aliphatic heterocycles. The van der Waals surface area contributed by atoms with Gasteiger partial charge in [-0.3, -0.25) is 0 Å². The van der Waals surface area contributed by atoms with Crippen molar-refractivity contribution in [3.63, 3.8) is 0 Å². The van der Waals surface area contributed by atoms with Gasteiger partial charge in [0.2, 0.25) is 0 Å². The normalized spacial score (nSPS) is 11.5. The molecule has 0 bridgehead atoms. The van der Waals surface area contributed by atoms with E-state index < -0.39 is 0 Å². The molecule has 0 N–H and O–H groups in total. The van der Waals surface area contributed by atoms with Crippen LogP contribution in [-0.2, 0) is 0 Å². The van der Waals surface area contributed by atoms with Crippen molar-refractivity contribution < 1.29 is 0 Å². The summed E-state index contributed by atoms with van der Waals surface area (Å²) in [5.74, 6) is 0. The lowest BCUT2D eigenvalue weighted by Gasteiger charge is -2.30. The van der Waals surface area contributed by atoms with Gasteiger partial charge in [-0.1, -0.05) is 152 Å². The fourth-order valence-electron chi connectivity index (χ4n) is 7.76. The molecule has 244 valence electrons. The summed E-state index contributed by atoms with van der Waals surface area (Å²) in [6.45, 7) is 0. The highest BCUT2D eigenvalue weighted by Gasteiger charge is 2.23. The zero-order valence-electron chi connectivity index (χ0n) is 28.4. The van der Waals surface area contributed by atoms with Crippen molar-refractivity contribution in [1.29, 1.82) is 0 Å². The Labute approximate surface area is 307 Å². The maximum Gasteiger partial charge on any atom is 0.0546 e. The lowest BCUT2D eigenvalue weighted by atomic mass is 9.88. The molecule has 10 aromatic rings. The van der Waals surface area contributed by atoms with Crippen LogP contribution in [0.1, 0.15) is 0 Å². The van der Waals surface area contributed by atoms with Crippen LogP contribution in [0.25, 0.3) is 75.1 Å². The number of benzene rings is 9. The average Bonchev–Trinajstić information content (AvgIpc) is 3.59. The van der Waals surface area contributed by atoms with E-state index >= 15 is 0 Å². The second-order valence-corrected chi connectivity index (χ2v) is 14.4. The number of thiophene rings is 1. The number of hydrogen-bond donors (Lipinski definition) is 0. The van der Waals surface area contributed by atoms with Crippen LogP contribution in [0.15, 0.2) is 200 Å². The van der Waals surface area contributed by atoms with Crippen LogP contribution in [0.5, 0.6) is 0 Å². The first-order valence-electron chi connectivity index (χ1n) is 17.8. The fourth-order valence-corrected chi connectivity index (χ4v) is 8.85. The third-order valence-corrected chi connectivity index (χ3v) is 11.4. The molecule has 0 atom stereocenters. The number of anilines is 3. The minimum absolute atomic E-state index is 1.11. The number of rotatable bonds is 6. The Morgan fingerprint density at radius 2 is 0.942 bits per heavy atom. The summed E-state index contributed by atoms with van der Waals surface area (Å²) in [6, 6.07) is 73.1. The molecule has 0 radical (unpaired) electrons. The van der Waals surface area contributed by atoms with E-state index in [1.165, 1.54) is 75.1 Å². The van der Waals surface area contributed by atoms with Crippen LogP contribution in [0, 0.1) is 0 Å². The number of fused-ring (bicyclic) bond motifs is 5. The Hall–Kier alpha value is -6.48. The highest BCUT2D eigenvalue weighted by Crippen LogP contribution is 2.48. The highest BCUT2D eigenvalue weighted by molar-refractivity contribution is 7.25. The summed E-state index contributed by atoms with van der Waals surface area (Å²) in [6.07, 6.45) is 0. The van der Waals surface area contributed by atoms with Gasteiger partial charge in [0.1, 0.15) is 0 Å². The third kappa shape index (κ3) is 5.24. The molecule has 0 fully saturated rings. The molecule has 0 saturated carbocycles. The molecule has 2 heteroatoms. The lowest BCUT2D eigenvalue weighted by molar-refractivity contribution is 1.29. The van der Waals surface area contributed by atoms with Crippen molar-refractivity contribution >= 4 is 70.1 Å². The molecular formula is C50H33NS. The van der Waals surface area contributed by atoms with Crippen LogP contribution < -0.4 is 4.90 Å². The molecule has 0 spiro atoms. The van der Waals surface area contributed by atoms with E-state index in [1.54, 1.807) is 0 Å². The lowest BCUT2D eigenvalue weighted by Crippen LogP contribution is -2.12. The number of hydrogen-bond acceptors (Lipinski definition) is 2. The van der Waals surface area contributed by atoms with Gasteiger partial charge in [0.15, 0.2) is 0 Å². The summed E-state index contributed by atoms with van der Waals surface area (Å²) in [4.78, 5) is 2.46. The van der Waals surface area contributed by atoms with Crippen molar-refractivity contribution in [3.05, 3.63) is 200 Å². The number of nitrogens with zero attached hydrogens (tertiary/aromatic N) is 1. The topological polar surface area (TPSA) is 3.24 Å². The molecular weight excluding hydrogens is 647 g/mol. The van der Waals surface area contributed by atoms with Gasteiger partial charge in [-0.15, -0.1) is 11.3 Å². The third-order valence-electron chi connectivity index (χ3n) is 10.3. The summed E-state index contributed by atoms with van der Waals surface area (Å²) >= 11 is 1.86. The van der Waals surface area contributed by atoms with E-state index in [-0.39, 0.29) is 0 Å². The monoisotopic (exact) mass is 679 g/mol. The van der Waals surface area contributed by atoms with Gasteiger partial charge in [0, 0.05) is 37.1 Å². The molecule has 9 aromatic carbocycles. The Morgan fingerprint density at radius 1 is 0.327 bits per heavy atom. The van der Waals surface area contributed by atoms with Crippen molar-refractivity contribution in [2.24, 2.45) is 0 Å². The van der Waals surface area contributed by atoms with Crippen molar-refractivity contribution in [3.8, 4) is 33.4 Å². The van der Waals surface area contributed by atoms with Crippen LogP contribution in [-0.4, -0.2) is 0 Å². The molecule has 0 saturated heterocycles.